The van der Waals surface area contributed by atoms with Crippen molar-refractivity contribution in [3.63, 3.8) is 0 Å². The molecule has 24 heavy (non-hydrogen) atoms. The van der Waals surface area contributed by atoms with Gasteiger partial charge in [0.15, 0.2) is 0 Å². The van der Waals surface area contributed by atoms with Crippen LogP contribution in [0.5, 0.6) is 0 Å². The van der Waals surface area contributed by atoms with E-state index < -0.39 is 0 Å². The molecule has 0 aliphatic carbocycles. The molecule has 0 aliphatic rings. The van der Waals surface area contributed by atoms with Gasteiger partial charge in [-0.3, -0.25) is 9.67 Å². The molecule has 3 rings (SSSR count). The molecule has 0 fully saturated rings. The van der Waals surface area contributed by atoms with Crippen molar-refractivity contribution in [3.05, 3.63) is 48.4 Å². The number of fused-ring (bicyclic) bond motifs is 1. The lowest BCUT2D eigenvalue weighted by molar-refractivity contribution is 0.478. The van der Waals surface area contributed by atoms with Crippen molar-refractivity contribution in [2.45, 2.75) is 59.9 Å². The third-order valence-corrected chi connectivity index (χ3v) is 4.36. The van der Waals surface area contributed by atoms with Gasteiger partial charge in [0.05, 0.1) is 11.9 Å². The zero-order valence-corrected chi connectivity index (χ0v) is 15.7. The van der Waals surface area contributed by atoms with Crippen LogP contribution in [-0.4, -0.2) is 14.8 Å². The van der Waals surface area contributed by atoms with Gasteiger partial charge in [0.25, 0.3) is 0 Å². The van der Waals surface area contributed by atoms with Gasteiger partial charge < -0.3 is 0 Å². The molecular formula is C21H29N3. The summed E-state index contributed by atoms with van der Waals surface area (Å²) in [5.74, 6) is 0.504. The predicted molar refractivity (Wildman–Crippen MR) is 103 cm³/mol. The number of hydrogen-bond acceptors (Lipinski definition) is 2. The van der Waals surface area contributed by atoms with E-state index in [4.69, 9.17) is 0 Å². The van der Waals surface area contributed by atoms with Crippen LogP contribution >= 0.6 is 0 Å². The highest BCUT2D eigenvalue weighted by Gasteiger charge is 2.10. The minimum Gasteiger partial charge on any atom is -0.269 e. The lowest BCUT2D eigenvalue weighted by atomic mass is 9.97. The summed E-state index contributed by atoms with van der Waals surface area (Å²) in [7, 11) is 0. The summed E-state index contributed by atoms with van der Waals surface area (Å²) in [4.78, 5) is 4.67. The zero-order valence-electron chi connectivity index (χ0n) is 15.7. The number of pyridine rings is 1. The lowest BCUT2D eigenvalue weighted by Crippen LogP contribution is -2.03. The van der Waals surface area contributed by atoms with E-state index in [9.17, 15) is 0 Å². The summed E-state index contributed by atoms with van der Waals surface area (Å²) in [6.45, 7) is 12.8. The molecule has 3 nitrogen and oxygen atoms in total. The van der Waals surface area contributed by atoms with Crippen molar-refractivity contribution in [2.75, 3.05) is 0 Å². The van der Waals surface area contributed by atoms with Crippen LogP contribution in [0.15, 0.2) is 42.9 Å². The molecule has 0 saturated carbocycles. The predicted octanol–water partition coefficient (Wildman–Crippen LogP) is 6.22. The van der Waals surface area contributed by atoms with Crippen LogP contribution in [0, 0.1) is 0 Å². The minimum atomic E-state index is 0.418. The van der Waals surface area contributed by atoms with Crippen molar-refractivity contribution >= 4 is 10.8 Å². The van der Waals surface area contributed by atoms with Crippen molar-refractivity contribution < 1.29 is 0 Å². The highest BCUT2D eigenvalue weighted by molar-refractivity contribution is 5.88. The Hall–Kier alpha value is -2.16. The molecule has 0 amide bonds. The Balaban J connectivity index is 0.00000100. The second kappa shape index (κ2) is 8.09. The van der Waals surface area contributed by atoms with E-state index in [2.05, 4.69) is 68.2 Å². The first-order valence-electron chi connectivity index (χ1n) is 9.03. The molecule has 0 spiro atoms. The Kier molecular flexibility index (Phi) is 6.13. The number of nitrogens with zero attached hydrogens (tertiary/aromatic N) is 3. The molecule has 1 unspecified atom stereocenters. The van der Waals surface area contributed by atoms with E-state index in [0.29, 0.717) is 12.0 Å². The summed E-state index contributed by atoms with van der Waals surface area (Å²) in [6.07, 6.45) is 7.08. The largest absolute Gasteiger partial charge is 0.269 e. The molecule has 128 valence electrons. The number of rotatable bonds is 4. The molecule has 1 atom stereocenters. The van der Waals surface area contributed by atoms with E-state index >= 15 is 0 Å². The zero-order chi connectivity index (χ0) is 17.7. The smallest absolute Gasteiger partial charge is 0.0739 e. The molecule has 1 aromatic carbocycles. The fourth-order valence-corrected chi connectivity index (χ4v) is 2.75. The normalized spacial score (nSPS) is 12.1. The Morgan fingerprint density at radius 3 is 2.50 bits per heavy atom. The van der Waals surface area contributed by atoms with E-state index in [1.54, 1.807) is 0 Å². The Labute approximate surface area is 145 Å². The lowest BCUT2D eigenvalue weighted by Gasteiger charge is -2.10. The van der Waals surface area contributed by atoms with E-state index in [1.807, 2.05) is 30.9 Å². The maximum absolute atomic E-state index is 4.67. The van der Waals surface area contributed by atoms with Crippen molar-refractivity contribution in [1.29, 1.82) is 0 Å². The molecule has 2 aromatic heterocycles. The highest BCUT2D eigenvalue weighted by atomic mass is 15.3. The topological polar surface area (TPSA) is 30.7 Å². The Morgan fingerprint density at radius 1 is 1.08 bits per heavy atom. The standard InChI is InChI=1S/C19H23N3.C2H6/c1-5-14(4)22-12-16(10-21-22)19-9-15-7-6-8-17(13(2)3)18(15)11-20-19;1-2/h6-14H,5H2,1-4H3;1-2H3. The van der Waals surface area contributed by atoms with Crippen molar-refractivity contribution in [3.8, 4) is 11.3 Å². The quantitative estimate of drug-likeness (QED) is 0.570. The van der Waals surface area contributed by atoms with Crippen molar-refractivity contribution in [1.82, 2.24) is 14.8 Å². The fourth-order valence-electron chi connectivity index (χ4n) is 2.75. The first-order chi connectivity index (χ1) is 11.6. The van der Waals surface area contributed by atoms with E-state index in [0.717, 1.165) is 17.7 Å². The van der Waals surface area contributed by atoms with Gasteiger partial charge in [-0.05, 0) is 36.3 Å². The molecule has 0 N–H and O–H groups in total. The second-order valence-corrected chi connectivity index (χ2v) is 6.26. The summed E-state index contributed by atoms with van der Waals surface area (Å²) in [5, 5.41) is 6.95. The van der Waals surface area contributed by atoms with Gasteiger partial charge in [-0.15, -0.1) is 0 Å². The van der Waals surface area contributed by atoms with E-state index in [1.165, 1.54) is 16.3 Å². The molecule has 0 saturated heterocycles. The average Bonchev–Trinajstić information content (AvgIpc) is 3.11. The summed E-state index contributed by atoms with van der Waals surface area (Å²) in [5.41, 5.74) is 3.42. The molecule has 2 heterocycles. The third kappa shape index (κ3) is 3.66. The van der Waals surface area contributed by atoms with Gasteiger partial charge in [0.2, 0.25) is 0 Å². The van der Waals surface area contributed by atoms with E-state index in [-0.39, 0.29) is 0 Å². The van der Waals surface area contributed by atoms with Crippen LogP contribution in [0.25, 0.3) is 22.0 Å². The summed E-state index contributed by atoms with van der Waals surface area (Å²) in [6, 6.07) is 9.06. The van der Waals surface area contributed by atoms with Gasteiger partial charge in [-0.25, -0.2) is 0 Å². The second-order valence-electron chi connectivity index (χ2n) is 6.26. The highest BCUT2D eigenvalue weighted by Crippen LogP contribution is 2.28. The van der Waals surface area contributed by atoms with Gasteiger partial charge in [0.1, 0.15) is 0 Å². The molecule has 3 aromatic rings. The molecule has 3 heteroatoms. The molecule has 0 aliphatic heterocycles. The average molecular weight is 323 g/mol. The number of aromatic nitrogens is 3. The maximum atomic E-state index is 4.67. The SMILES string of the molecule is CC.CCC(C)n1cc(-c2cc3cccc(C(C)C)c3cn2)cn1. The summed E-state index contributed by atoms with van der Waals surface area (Å²) >= 11 is 0. The molecule has 0 radical (unpaired) electrons. The van der Waals surface area contributed by atoms with Crippen LogP contribution in [0.3, 0.4) is 0 Å². The molecule has 0 bridgehead atoms. The number of hydrogen-bond donors (Lipinski definition) is 0. The van der Waals surface area contributed by atoms with Crippen LogP contribution in [0.2, 0.25) is 0 Å². The Bertz CT molecular complexity index is 787. The van der Waals surface area contributed by atoms with Gasteiger partial charge in [-0.2, -0.15) is 5.10 Å². The van der Waals surface area contributed by atoms with Gasteiger partial charge in [-0.1, -0.05) is 52.8 Å². The van der Waals surface area contributed by atoms with Gasteiger partial charge in [0, 0.05) is 29.4 Å². The maximum Gasteiger partial charge on any atom is 0.0739 e. The monoisotopic (exact) mass is 323 g/mol. The third-order valence-electron chi connectivity index (χ3n) is 4.36. The first kappa shape index (κ1) is 18.2. The minimum absolute atomic E-state index is 0.418. The van der Waals surface area contributed by atoms with Crippen LogP contribution < -0.4 is 0 Å². The van der Waals surface area contributed by atoms with Gasteiger partial charge >= 0.3 is 0 Å². The van der Waals surface area contributed by atoms with Crippen LogP contribution in [0.1, 0.15) is 65.5 Å². The Morgan fingerprint density at radius 2 is 1.83 bits per heavy atom. The number of benzene rings is 1. The molecular weight excluding hydrogens is 294 g/mol. The van der Waals surface area contributed by atoms with Crippen LogP contribution in [0.4, 0.5) is 0 Å². The van der Waals surface area contributed by atoms with Crippen molar-refractivity contribution in [2.24, 2.45) is 0 Å². The fraction of sp³-hybridized carbons (Fsp3) is 0.429. The first-order valence-corrected chi connectivity index (χ1v) is 9.03. The summed E-state index contributed by atoms with van der Waals surface area (Å²) < 4.78 is 2.02. The van der Waals surface area contributed by atoms with Crippen LogP contribution in [-0.2, 0) is 0 Å².